The fourth-order valence-corrected chi connectivity index (χ4v) is 3.54. The molecule has 5 rings (SSSR count). The predicted octanol–water partition coefficient (Wildman–Crippen LogP) is 3.93. The zero-order valence-corrected chi connectivity index (χ0v) is 14.1. The van der Waals surface area contributed by atoms with E-state index in [0.29, 0.717) is 29.8 Å². The summed E-state index contributed by atoms with van der Waals surface area (Å²) in [5.41, 5.74) is 3.76. The third kappa shape index (κ3) is 2.45. The van der Waals surface area contributed by atoms with Crippen LogP contribution < -0.4 is 9.47 Å². The molecule has 2 aromatic carbocycles. The van der Waals surface area contributed by atoms with Gasteiger partial charge in [-0.05, 0) is 49.1 Å². The number of nitrogens with zero attached hydrogens (tertiary/aromatic N) is 1. The number of hydrogen-bond acceptors (Lipinski definition) is 4. The van der Waals surface area contributed by atoms with Crippen molar-refractivity contribution in [1.82, 2.24) is 4.90 Å². The van der Waals surface area contributed by atoms with Gasteiger partial charge in [-0.3, -0.25) is 9.69 Å². The van der Waals surface area contributed by atoms with Crippen LogP contribution >= 0.6 is 0 Å². The van der Waals surface area contributed by atoms with Gasteiger partial charge in [-0.2, -0.15) is 0 Å². The van der Waals surface area contributed by atoms with Crippen molar-refractivity contribution in [3.05, 3.63) is 64.4 Å². The molecule has 4 heteroatoms. The first-order valence-electron chi connectivity index (χ1n) is 8.73. The first-order valence-corrected chi connectivity index (χ1v) is 8.73. The van der Waals surface area contributed by atoms with Gasteiger partial charge in [-0.1, -0.05) is 24.3 Å². The molecule has 2 aromatic rings. The average Bonchev–Trinajstić information content (AvgIpc) is 3.42. The Balaban J connectivity index is 1.53. The smallest absolute Gasteiger partial charge is 0.231 e. The number of carbonyl (C=O) groups excluding carboxylic acids is 1. The summed E-state index contributed by atoms with van der Waals surface area (Å²) in [6, 6.07) is 12.3. The molecule has 25 heavy (non-hydrogen) atoms. The molecule has 1 aliphatic carbocycles. The van der Waals surface area contributed by atoms with Crippen LogP contribution in [0.5, 0.6) is 11.5 Å². The lowest BCUT2D eigenvalue weighted by atomic mass is 10.0. The molecule has 1 fully saturated rings. The average molecular weight is 333 g/mol. The number of carbonyl (C=O) groups is 1. The molecule has 1 saturated carbocycles. The van der Waals surface area contributed by atoms with Crippen LogP contribution in [0.3, 0.4) is 0 Å². The van der Waals surface area contributed by atoms with Crippen LogP contribution in [-0.4, -0.2) is 23.5 Å². The van der Waals surface area contributed by atoms with Crippen molar-refractivity contribution >= 4 is 11.9 Å². The van der Waals surface area contributed by atoms with Crippen molar-refractivity contribution < 1.29 is 14.3 Å². The van der Waals surface area contributed by atoms with Gasteiger partial charge in [0.2, 0.25) is 5.78 Å². The van der Waals surface area contributed by atoms with Gasteiger partial charge in [0.25, 0.3) is 0 Å². The Labute approximate surface area is 146 Å². The highest BCUT2D eigenvalue weighted by molar-refractivity contribution is 6.15. The molecule has 2 heterocycles. The Bertz CT molecular complexity index is 911. The molecular weight excluding hydrogens is 314 g/mol. The molecule has 0 N–H and O–H groups in total. The standard InChI is InChI=1S/C21H19NO3/c1-13-4-2-3-5-14(13)10-19-20(23)16-8-9-18-17(21(16)25-19)11-22(12-24-18)15-6-7-15/h2-5,8-10,15H,6-7,11-12H2,1H3/b19-10-. The van der Waals surface area contributed by atoms with E-state index < -0.39 is 0 Å². The van der Waals surface area contributed by atoms with Crippen molar-refractivity contribution in [3.63, 3.8) is 0 Å². The lowest BCUT2D eigenvalue weighted by Crippen LogP contribution is -2.33. The lowest BCUT2D eigenvalue weighted by molar-refractivity contribution is 0.0868. The number of ketones is 1. The third-order valence-electron chi connectivity index (χ3n) is 5.18. The number of fused-ring (bicyclic) bond motifs is 3. The van der Waals surface area contributed by atoms with Crippen molar-refractivity contribution in [1.29, 1.82) is 0 Å². The SMILES string of the molecule is Cc1ccccc1/C=C1\Oc2c(ccc3c2CN(C2CC2)CO3)C1=O. The number of ether oxygens (including phenoxy) is 2. The molecular formula is C21H19NO3. The van der Waals surface area contributed by atoms with E-state index in [4.69, 9.17) is 9.47 Å². The summed E-state index contributed by atoms with van der Waals surface area (Å²) in [5.74, 6) is 1.85. The van der Waals surface area contributed by atoms with E-state index >= 15 is 0 Å². The molecule has 126 valence electrons. The second-order valence-electron chi connectivity index (χ2n) is 6.97. The van der Waals surface area contributed by atoms with E-state index in [1.54, 1.807) is 0 Å². The maximum Gasteiger partial charge on any atom is 0.231 e. The highest BCUT2D eigenvalue weighted by Crippen LogP contribution is 2.43. The van der Waals surface area contributed by atoms with E-state index in [-0.39, 0.29) is 5.78 Å². The third-order valence-corrected chi connectivity index (χ3v) is 5.18. The molecule has 4 nitrogen and oxygen atoms in total. The summed E-state index contributed by atoms with van der Waals surface area (Å²) in [5, 5.41) is 0. The highest BCUT2D eigenvalue weighted by atomic mass is 16.5. The molecule has 0 atom stereocenters. The highest BCUT2D eigenvalue weighted by Gasteiger charge is 2.37. The monoisotopic (exact) mass is 333 g/mol. The van der Waals surface area contributed by atoms with E-state index in [1.807, 2.05) is 49.4 Å². The minimum atomic E-state index is -0.0513. The fraction of sp³-hybridized carbons (Fsp3) is 0.286. The Morgan fingerprint density at radius 3 is 2.80 bits per heavy atom. The molecule has 0 amide bonds. The van der Waals surface area contributed by atoms with Crippen molar-refractivity contribution in [2.75, 3.05) is 6.73 Å². The summed E-state index contributed by atoms with van der Waals surface area (Å²) in [4.78, 5) is 15.1. The molecule has 2 aliphatic heterocycles. The van der Waals surface area contributed by atoms with Crippen molar-refractivity contribution in [2.24, 2.45) is 0 Å². The summed E-state index contributed by atoms with van der Waals surface area (Å²) >= 11 is 0. The molecule has 0 aromatic heterocycles. The van der Waals surface area contributed by atoms with Crippen LogP contribution in [0.2, 0.25) is 0 Å². The van der Waals surface area contributed by atoms with Gasteiger partial charge in [-0.15, -0.1) is 0 Å². The number of allylic oxidation sites excluding steroid dienone is 1. The quantitative estimate of drug-likeness (QED) is 0.781. The van der Waals surface area contributed by atoms with Gasteiger partial charge in [0, 0.05) is 12.6 Å². The van der Waals surface area contributed by atoms with E-state index in [0.717, 1.165) is 29.0 Å². The van der Waals surface area contributed by atoms with Crippen LogP contribution in [-0.2, 0) is 6.54 Å². The predicted molar refractivity (Wildman–Crippen MR) is 94.6 cm³/mol. The summed E-state index contributed by atoms with van der Waals surface area (Å²) in [6.45, 7) is 3.44. The lowest BCUT2D eigenvalue weighted by Gasteiger charge is -2.29. The summed E-state index contributed by atoms with van der Waals surface area (Å²) in [7, 11) is 0. The van der Waals surface area contributed by atoms with Gasteiger partial charge in [0.05, 0.1) is 11.1 Å². The number of hydrogen-bond donors (Lipinski definition) is 0. The zero-order valence-electron chi connectivity index (χ0n) is 14.1. The van der Waals surface area contributed by atoms with Crippen LogP contribution in [0.4, 0.5) is 0 Å². The Morgan fingerprint density at radius 2 is 2.00 bits per heavy atom. The topological polar surface area (TPSA) is 38.8 Å². The maximum absolute atomic E-state index is 12.8. The molecule has 3 aliphatic rings. The van der Waals surface area contributed by atoms with Crippen LogP contribution in [0.15, 0.2) is 42.2 Å². The van der Waals surface area contributed by atoms with E-state index in [9.17, 15) is 4.79 Å². The Kier molecular flexibility index (Phi) is 3.22. The minimum absolute atomic E-state index is 0.0513. The Morgan fingerprint density at radius 1 is 1.16 bits per heavy atom. The summed E-state index contributed by atoms with van der Waals surface area (Å²) in [6.07, 6.45) is 4.30. The van der Waals surface area contributed by atoms with E-state index in [2.05, 4.69) is 4.90 Å². The number of benzene rings is 2. The minimum Gasteiger partial charge on any atom is -0.478 e. The molecule has 0 radical (unpaired) electrons. The maximum atomic E-state index is 12.8. The largest absolute Gasteiger partial charge is 0.478 e. The summed E-state index contributed by atoms with van der Waals surface area (Å²) < 4.78 is 11.9. The van der Waals surface area contributed by atoms with Crippen molar-refractivity contribution in [2.45, 2.75) is 32.4 Å². The molecule has 0 saturated heterocycles. The number of aryl methyl sites for hydroxylation is 1. The van der Waals surface area contributed by atoms with Gasteiger partial charge < -0.3 is 9.47 Å². The van der Waals surface area contributed by atoms with Gasteiger partial charge in [0.1, 0.15) is 18.2 Å². The molecule has 0 bridgehead atoms. The fourth-order valence-electron chi connectivity index (χ4n) is 3.54. The second kappa shape index (κ2) is 5.46. The first-order chi connectivity index (χ1) is 12.2. The molecule has 0 unspecified atom stereocenters. The van der Waals surface area contributed by atoms with Gasteiger partial charge in [0.15, 0.2) is 5.76 Å². The van der Waals surface area contributed by atoms with Gasteiger partial charge >= 0.3 is 0 Å². The van der Waals surface area contributed by atoms with Crippen LogP contribution in [0, 0.1) is 6.92 Å². The number of rotatable bonds is 2. The second-order valence-corrected chi connectivity index (χ2v) is 6.97. The van der Waals surface area contributed by atoms with Crippen LogP contribution in [0.1, 0.15) is 39.9 Å². The molecule has 0 spiro atoms. The van der Waals surface area contributed by atoms with Gasteiger partial charge in [-0.25, -0.2) is 0 Å². The number of Topliss-reactive ketones (excluding diaryl/α,β-unsaturated/α-hetero) is 1. The Hall–Kier alpha value is -2.59. The first kappa shape index (κ1) is 14.7. The zero-order chi connectivity index (χ0) is 17.0. The van der Waals surface area contributed by atoms with Crippen molar-refractivity contribution in [3.8, 4) is 11.5 Å². The van der Waals surface area contributed by atoms with E-state index in [1.165, 1.54) is 12.8 Å². The van der Waals surface area contributed by atoms with Crippen LogP contribution in [0.25, 0.3) is 6.08 Å². The normalized spacial score (nSPS) is 20.8.